The largest absolute Gasteiger partial charge is 0.523 e. The third-order valence-electron chi connectivity index (χ3n) is 2.37. The lowest BCUT2D eigenvalue weighted by atomic mass is 9.84. The first-order valence-electron chi connectivity index (χ1n) is 4.26. The summed E-state index contributed by atoms with van der Waals surface area (Å²) in [5, 5.41) is 0. The molecule has 1 aliphatic heterocycles. The predicted octanol–water partition coefficient (Wildman–Crippen LogP) is 1.28. The van der Waals surface area contributed by atoms with E-state index in [1.54, 1.807) is 6.92 Å². The summed E-state index contributed by atoms with van der Waals surface area (Å²) in [5.74, 6) is 0. The SMILES string of the molecule is CCC1(COS(=O)(=O)C(F)(F)F)COC1. The summed E-state index contributed by atoms with van der Waals surface area (Å²) < 4.78 is 65.6. The van der Waals surface area contributed by atoms with Crippen molar-refractivity contribution in [3.63, 3.8) is 0 Å². The molecule has 0 saturated carbocycles. The van der Waals surface area contributed by atoms with Gasteiger partial charge in [0.2, 0.25) is 0 Å². The molecule has 1 heterocycles. The quantitative estimate of drug-likeness (QED) is 0.555. The number of hydrogen-bond acceptors (Lipinski definition) is 4. The Balaban J connectivity index is 2.57. The zero-order valence-electron chi connectivity index (χ0n) is 8.00. The Bertz CT molecular complexity index is 312. The minimum Gasteiger partial charge on any atom is -0.380 e. The minimum absolute atomic E-state index is 0.233. The molecule has 0 N–H and O–H groups in total. The Morgan fingerprint density at radius 1 is 1.40 bits per heavy atom. The van der Waals surface area contributed by atoms with Crippen LogP contribution in [0.2, 0.25) is 0 Å². The first-order chi connectivity index (χ1) is 6.72. The van der Waals surface area contributed by atoms with Gasteiger partial charge in [-0.3, -0.25) is 4.18 Å². The average molecular weight is 248 g/mol. The lowest BCUT2D eigenvalue weighted by molar-refractivity contribution is -0.136. The Morgan fingerprint density at radius 3 is 2.20 bits per heavy atom. The molecule has 0 bridgehead atoms. The van der Waals surface area contributed by atoms with Crippen molar-refractivity contribution in [2.75, 3.05) is 19.8 Å². The summed E-state index contributed by atoms with van der Waals surface area (Å²) in [7, 11) is -5.47. The van der Waals surface area contributed by atoms with Gasteiger partial charge in [-0.05, 0) is 6.42 Å². The molecule has 0 amide bonds. The Hall–Kier alpha value is -0.340. The minimum atomic E-state index is -5.47. The van der Waals surface area contributed by atoms with Crippen LogP contribution in [0.4, 0.5) is 13.2 Å². The fourth-order valence-electron chi connectivity index (χ4n) is 1.05. The van der Waals surface area contributed by atoms with E-state index >= 15 is 0 Å². The van der Waals surface area contributed by atoms with E-state index < -0.39 is 27.6 Å². The molecule has 1 aliphatic rings. The van der Waals surface area contributed by atoms with Crippen LogP contribution in [0, 0.1) is 5.41 Å². The second kappa shape index (κ2) is 3.91. The number of halogens is 3. The molecule has 1 saturated heterocycles. The van der Waals surface area contributed by atoms with E-state index in [4.69, 9.17) is 4.74 Å². The van der Waals surface area contributed by atoms with E-state index in [1.807, 2.05) is 0 Å². The molecule has 0 aromatic rings. The Labute approximate surface area is 85.5 Å². The predicted molar refractivity (Wildman–Crippen MR) is 44.5 cm³/mol. The van der Waals surface area contributed by atoms with E-state index in [1.165, 1.54) is 0 Å². The maximum atomic E-state index is 11.9. The molecular formula is C7H11F3O4S. The highest BCUT2D eigenvalue weighted by Gasteiger charge is 2.49. The third kappa shape index (κ3) is 2.61. The molecule has 4 nitrogen and oxygen atoms in total. The maximum absolute atomic E-state index is 11.9. The van der Waals surface area contributed by atoms with Crippen LogP contribution in [-0.4, -0.2) is 33.7 Å². The normalized spacial score (nSPS) is 21.1. The van der Waals surface area contributed by atoms with E-state index in [0.29, 0.717) is 6.42 Å². The van der Waals surface area contributed by atoms with Crippen molar-refractivity contribution >= 4 is 10.1 Å². The molecule has 0 aromatic heterocycles. The van der Waals surface area contributed by atoms with Crippen molar-refractivity contribution in [1.29, 1.82) is 0 Å². The van der Waals surface area contributed by atoms with Crippen LogP contribution >= 0.6 is 0 Å². The second-order valence-electron chi connectivity index (χ2n) is 3.51. The van der Waals surface area contributed by atoms with Crippen molar-refractivity contribution in [3.8, 4) is 0 Å². The molecule has 1 fully saturated rings. The molecule has 0 atom stereocenters. The highest BCUT2D eigenvalue weighted by molar-refractivity contribution is 7.87. The van der Waals surface area contributed by atoms with Crippen molar-refractivity contribution < 1.29 is 30.5 Å². The van der Waals surface area contributed by atoms with Gasteiger partial charge in [0.05, 0.1) is 19.8 Å². The van der Waals surface area contributed by atoms with E-state index in [2.05, 4.69) is 4.18 Å². The van der Waals surface area contributed by atoms with Gasteiger partial charge in [-0.1, -0.05) is 6.92 Å². The van der Waals surface area contributed by atoms with Crippen LogP contribution in [0.1, 0.15) is 13.3 Å². The molecule has 90 valence electrons. The van der Waals surface area contributed by atoms with Crippen molar-refractivity contribution in [1.82, 2.24) is 0 Å². The third-order valence-corrected chi connectivity index (χ3v) is 3.37. The average Bonchev–Trinajstić information content (AvgIpc) is 2.00. The van der Waals surface area contributed by atoms with Gasteiger partial charge in [-0.25, -0.2) is 0 Å². The summed E-state index contributed by atoms with van der Waals surface area (Å²) in [6.45, 7) is 1.73. The summed E-state index contributed by atoms with van der Waals surface area (Å²) in [4.78, 5) is 0. The van der Waals surface area contributed by atoms with Gasteiger partial charge in [-0.2, -0.15) is 21.6 Å². The summed E-state index contributed by atoms with van der Waals surface area (Å²) in [6.07, 6.45) is 0.514. The molecule has 0 radical (unpaired) electrons. The molecule has 0 aromatic carbocycles. The molecule has 0 spiro atoms. The standard InChI is InChI=1S/C7H11F3O4S/c1-2-6(3-13-4-6)5-14-15(11,12)7(8,9)10/h2-5H2,1H3. The molecule has 0 aliphatic carbocycles. The zero-order valence-corrected chi connectivity index (χ0v) is 8.82. The van der Waals surface area contributed by atoms with Gasteiger partial charge < -0.3 is 4.74 Å². The molecule has 15 heavy (non-hydrogen) atoms. The zero-order chi connectivity index (χ0) is 11.7. The molecule has 0 unspecified atom stereocenters. The van der Waals surface area contributed by atoms with E-state index in [-0.39, 0.29) is 13.2 Å². The van der Waals surface area contributed by atoms with Crippen molar-refractivity contribution in [2.45, 2.75) is 18.9 Å². The maximum Gasteiger partial charge on any atom is 0.523 e. The van der Waals surface area contributed by atoms with Crippen LogP contribution in [-0.2, 0) is 19.0 Å². The van der Waals surface area contributed by atoms with E-state index in [0.717, 1.165) is 0 Å². The topological polar surface area (TPSA) is 52.6 Å². The smallest absolute Gasteiger partial charge is 0.380 e. The van der Waals surface area contributed by atoms with Gasteiger partial charge in [0.15, 0.2) is 0 Å². The summed E-state index contributed by atoms with van der Waals surface area (Å²) in [5.41, 5.74) is -5.94. The highest BCUT2D eigenvalue weighted by atomic mass is 32.2. The van der Waals surface area contributed by atoms with E-state index in [9.17, 15) is 21.6 Å². The van der Waals surface area contributed by atoms with Gasteiger partial charge in [-0.15, -0.1) is 0 Å². The van der Waals surface area contributed by atoms with Gasteiger partial charge in [0.25, 0.3) is 0 Å². The molecule has 8 heteroatoms. The van der Waals surface area contributed by atoms with Gasteiger partial charge in [0, 0.05) is 5.41 Å². The van der Waals surface area contributed by atoms with Gasteiger partial charge in [0.1, 0.15) is 0 Å². The van der Waals surface area contributed by atoms with Crippen LogP contribution < -0.4 is 0 Å². The Morgan fingerprint density at radius 2 is 1.93 bits per heavy atom. The lowest BCUT2D eigenvalue weighted by Gasteiger charge is -2.39. The Kier molecular flexibility index (Phi) is 3.32. The van der Waals surface area contributed by atoms with Gasteiger partial charge >= 0.3 is 15.6 Å². The lowest BCUT2D eigenvalue weighted by Crippen LogP contribution is -2.47. The molecular weight excluding hydrogens is 237 g/mol. The first kappa shape index (κ1) is 12.7. The second-order valence-corrected chi connectivity index (χ2v) is 5.12. The first-order valence-corrected chi connectivity index (χ1v) is 5.67. The monoisotopic (exact) mass is 248 g/mol. The van der Waals surface area contributed by atoms with Crippen LogP contribution in [0.3, 0.4) is 0 Å². The summed E-state index contributed by atoms with van der Waals surface area (Å²) >= 11 is 0. The molecule has 1 rings (SSSR count). The number of ether oxygens (including phenoxy) is 1. The fourth-order valence-corrected chi connectivity index (χ4v) is 1.59. The van der Waals surface area contributed by atoms with Crippen molar-refractivity contribution in [3.05, 3.63) is 0 Å². The van der Waals surface area contributed by atoms with Crippen molar-refractivity contribution in [2.24, 2.45) is 5.41 Å². The van der Waals surface area contributed by atoms with Crippen LogP contribution in [0.5, 0.6) is 0 Å². The number of rotatable bonds is 4. The number of hydrogen-bond donors (Lipinski definition) is 0. The highest BCUT2D eigenvalue weighted by Crippen LogP contribution is 2.34. The number of alkyl halides is 3. The summed E-state index contributed by atoms with van der Waals surface area (Å²) in [6, 6.07) is 0. The van der Waals surface area contributed by atoms with Crippen LogP contribution in [0.15, 0.2) is 0 Å². The fraction of sp³-hybridized carbons (Fsp3) is 1.00. The van der Waals surface area contributed by atoms with Crippen LogP contribution in [0.25, 0.3) is 0 Å².